The third-order valence-electron chi connectivity index (χ3n) is 3.35. The van der Waals surface area contributed by atoms with Crippen molar-refractivity contribution in [1.82, 2.24) is 14.5 Å². The summed E-state index contributed by atoms with van der Waals surface area (Å²) in [5.74, 6) is 0.320. The van der Waals surface area contributed by atoms with E-state index >= 15 is 0 Å². The summed E-state index contributed by atoms with van der Waals surface area (Å²) >= 11 is 1.39. The smallest absolute Gasteiger partial charge is 0.230 e. The lowest BCUT2D eigenvalue weighted by Crippen LogP contribution is -2.14. The van der Waals surface area contributed by atoms with Crippen LogP contribution in [0.2, 0.25) is 0 Å². The van der Waals surface area contributed by atoms with Gasteiger partial charge in [0.15, 0.2) is 11.0 Å². The number of aryl methyl sites for hydroxylation is 2. The molecule has 3 aromatic rings. The van der Waals surface area contributed by atoms with Crippen molar-refractivity contribution in [3.05, 3.63) is 53.7 Å². The maximum absolute atomic E-state index is 12.9. The zero-order valence-electron chi connectivity index (χ0n) is 12.7. The summed E-state index contributed by atoms with van der Waals surface area (Å²) in [5.41, 5.74) is 1.57. The molecular weight excluding hydrogens is 315 g/mol. The Kier molecular flexibility index (Phi) is 4.20. The number of nitrogens with one attached hydrogen (secondary N) is 1. The lowest BCUT2D eigenvalue weighted by molar-refractivity contribution is -0.115. The van der Waals surface area contributed by atoms with Crippen molar-refractivity contribution in [2.75, 3.05) is 5.32 Å². The summed E-state index contributed by atoms with van der Waals surface area (Å²) in [6.45, 7) is 1.89. The minimum Gasteiger partial charge on any atom is -0.333 e. The third kappa shape index (κ3) is 3.45. The molecule has 0 atom stereocenters. The molecule has 2 aromatic heterocycles. The number of anilines is 1. The second kappa shape index (κ2) is 6.29. The standard InChI is InChI=1S/C16H15FN4OS/c1-10-14(15-18-7-8-21(15)2)23-16(19-10)20-13(22)9-11-3-5-12(17)6-4-11/h3-8H,9H2,1-2H3,(H,19,20,22). The van der Waals surface area contributed by atoms with Crippen molar-refractivity contribution in [3.63, 3.8) is 0 Å². The van der Waals surface area contributed by atoms with E-state index in [0.717, 1.165) is 22.0 Å². The van der Waals surface area contributed by atoms with Gasteiger partial charge in [0.05, 0.1) is 17.0 Å². The van der Waals surface area contributed by atoms with Crippen molar-refractivity contribution in [2.45, 2.75) is 13.3 Å². The Labute approximate surface area is 136 Å². The lowest BCUT2D eigenvalue weighted by Gasteiger charge is -2.02. The molecule has 0 saturated carbocycles. The fraction of sp³-hybridized carbons (Fsp3) is 0.188. The van der Waals surface area contributed by atoms with E-state index in [9.17, 15) is 9.18 Å². The molecule has 3 rings (SSSR count). The first-order valence-electron chi connectivity index (χ1n) is 7.02. The van der Waals surface area contributed by atoms with E-state index in [1.807, 2.05) is 24.7 Å². The first-order chi connectivity index (χ1) is 11.0. The molecule has 0 aliphatic rings. The Morgan fingerprint density at radius 1 is 1.35 bits per heavy atom. The van der Waals surface area contributed by atoms with E-state index in [0.29, 0.717) is 5.13 Å². The number of thiazole rings is 1. The molecule has 0 fully saturated rings. The molecule has 118 valence electrons. The lowest BCUT2D eigenvalue weighted by atomic mass is 10.1. The predicted octanol–water partition coefficient (Wildman–Crippen LogP) is 3.17. The molecule has 0 radical (unpaired) electrons. The molecular formula is C16H15FN4OS. The van der Waals surface area contributed by atoms with Crippen LogP contribution in [-0.2, 0) is 18.3 Å². The van der Waals surface area contributed by atoms with Gasteiger partial charge >= 0.3 is 0 Å². The summed E-state index contributed by atoms with van der Waals surface area (Å²) in [7, 11) is 1.91. The van der Waals surface area contributed by atoms with E-state index in [1.54, 1.807) is 18.3 Å². The number of carbonyl (C=O) groups is 1. The Hall–Kier alpha value is -2.54. The van der Waals surface area contributed by atoms with Crippen LogP contribution in [0.1, 0.15) is 11.3 Å². The van der Waals surface area contributed by atoms with Crippen molar-refractivity contribution in [3.8, 4) is 10.7 Å². The zero-order chi connectivity index (χ0) is 16.4. The topological polar surface area (TPSA) is 59.8 Å². The van der Waals surface area contributed by atoms with Gasteiger partial charge in [0.1, 0.15) is 5.82 Å². The molecule has 7 heteroatoms. The van der Waals surface area contributed by atoms with Crippen molar-refractivity contribution < 1.29 is 9.18 Å². The number of hydrogen-bond donors (Lipinski definition) is 1. The number of benzene rings is 1. The third-order valence-corrected chi connectivity index (χ3v) is 4.41. The van der Waals surface area contributed by atoms with Gasteiger partial charge in [-0.2, -0.15) is 0 Å². The van der Waals surface area contributed by atoms with Crippen LogP contribution in [0.3, 0.4) is 0 Å². The SMILES string of the molecule is Cc1nc(NC(=O)Cc2ccc(F)cc2)sc1-c1nccn1C. The molecule has 2 heterocycles. The highest BCUT2D eigenvalue weighted by Gasteiger charge is 2.15. The molecule has 1 amide bonds. The van der Waals surface area contributed by atoms with E-state index in [2.05, 4.69) is 15.3 Å². The summed E-state index contributed by atoms with van der Waals surface area (Å²) in [4.78, 5) is 21.7. The fourth-order valence-electron chi connectivity index (χ4n) is 2.19. The Morgan fingerprint density at radius 3 is 2.74 bits per heavy atom. The Balaban J connectivity index is 1.72. The highest BCUT2D eigenvalue weighted by Crippen LogP contribution is 2.31. The number of aromatic nitrogens is 3. The normalized spacial score (nSPS) is 10.7. The van der Waals surface area contributed by atoms with Gasteiger partial charge in [-0.1, -0.05) is 23.5 Å². The minimum atomic E-state index is -0.315. The first-order valence-corrected chi connectivity index (χ1v) is 7.84. The molecule has 0 saturated heterocycles. The average Bonchev–Trinajstić information content (AvgIpc) is 3.07. The molecule has 0 bridgehead atoms. The van der Waals surface area contributed by atoms with Crippen molar-refractivity contribution >= 4 is 22.4 Å². The fourth-order valence-corrected chi connectivity index (χ4v) is 3.21. The van der Waals surface area contributed by atoms with Crippen molar-refractivity contribution in [2.24, 2.45) is 7.05 Å². The van der Waals surface area contributed by atoms with Gasteiger partial charge < -0.3 is 9.88 Å². The van der Waals surface area contributed by atoms with Gasteiger partial charge in [-0.05, 0) is 24.6 Å². The van der Waals surface area contributed by atoms with Gasteiger partial charge in [0.25, 0.3) is 0 Å². The van der Waals surface area contributed by atoms with E-state index < -0.39 is 0 Å². The number of hydrogen-bond acceptors (Lipinski definition) is 4. The highest BCUT2D eigenvalue weighted by atomic mass is 32.1. The van der Waals surface area contributed by atoms with Gasteiger partial charge in [0.2, 0.25) is 5.91 Å². The first kappa shape index (κ1) is 15.4. The van der Waals surface area contributed by atoms with Gasteiger partial charge in [0, 0.05) is 19.4 Å². The minimum absolute atomic E-state index is 0.177. The molecule has 1 aromatic carbocycles. The monoisotopic (exact) mass is 330 g/mol. The summed E-state index contributed by atoms with van der Waals surface area (Å²) < 4.78 is 14.8. The van der Waals surface area contributed by atoms with Crippen LogP contribution in [0.25, 0.3) is 10.7 Å². The van der Waals surface area contributed by atoms with Gasteiger partial charge in [-0.3, -0.25) is 4.79 Å². The van der Waals surface area contributed by atoms with E-state index in [-0.39, 0.29) is 18.1 Å². The Morgan fingerprint density at radius 2 is 2.09 bits per heavy atom. The van der Waals surface area contributed by atoms with Gasteiger partial charge in [-0.25, -0.2) is 14.4 Å². The second-order valence-corrected chi connectivity index (χ2v) is 6.15. The number of nitrogens with zero attached hydrogens (tertiary/aromatic N) is 3. The Bertz CT molecular complexity index is 838. The van der Waals surface area contributed by atoms with E-state index in [1.165, 1.54) is 23.5 Å². The van der Waals surface area contributed by atoms with Crippen LogP contribution in [0, 0.1) is 12.7 Å². The van der Waals surface area contributed by atoms with Gasteiger partial charge in [-0.15, -0.1) is 0 Å². The molecule has 23 heavy (non-hydrogen) atoms. The summed E-state index contributed by atoms with van der Waals surface area (Å²) in [6.07, 6.45) is 3.76. The van der Waals surface area contributed by atoms with E-state index in [4.69, 9.17) is 0 Å². The quantitative estimate of drug-likeness (QED) is 0.799. The zero-order valence-corrected chi connectivity index (χ0v) is 13.5. The maximum Gasteiger partial charge on any atom is 0.230 e. The average molecular weight is 330 g/mol. The number of rotatable bonds is 4. The number of imidazole rings is 1. The van der Waals surface area contributed by atoms with Crippen molar-refractivity contribution in [1.29, 1.82) is 0 Å². The van der Waals surface area contributed by atoms with Crippen LogP contribution in [-0.4, -0.2) is 20.4 Å². The predicted molar refractivity (Wildman–Crippen MR) is 87.8 cm³/mol. The number of amides is 1. The second-order valence-electron chi connectivity index (χ2n) is 5.15. The van der Waals surface area contributed by atoms with Crippen LogP contribution < -0.4 is 5.32 Å². The number of halogens is 1. The van der Waals surface area contributed by atoms with Crippen LogP contribution in [0.5, 0.6) is 0 Å². The molecule has 0 unspecified atom stereocenters. The summed E-state index contributed by atoms with van der Waals surface area (Å²) in [5, 5.41) is 3.32. The maximum atomic E-state index is 12.9. The molecule has 0 spiro atoms. The van der Waals surface area contributed by atoms with Crippen LogP contribution >= 0.6 is 11.3 Å². The highest BCUT2D eigenvalue weighted by molar-refractivity contribution is 7.19. The molecule has 5 nitrogen and oxygen atoms in total. The summed E-state index contributed by atoms with van der Waals surface area (Å²) in [6, 6.07) is 5.88. The molecule has 0 aliphatic carbocycles. The van der Waals surface area contributed by atoms with Crippen LogP contribution in [0.4, 0.5) is 9.52 Å². The van der Waals surface area contributed by atoms with Crippen LogP contribution in [0.15, 0.2) is 36.7 Å². The molecule has 0 aliphatic heterocycles. The number of carbonyl (C=O) groups excluding carboxylic acids is 1. The molecule has 1 N–H and O–H groups in total. The largest absolute Gasteiger partial charge is 0.333 e.